The van der Waals surface area contributed by atoms with Gasteiger partial charge < -0.3 is 10.1 Å². The molecule has 0 saturated carbocycles. The van der Waals surface area contributed by atoms with E-state index in [1.165, 1.54) is 27.7 Å². The van der Waals surface area contributed by atoms with E-state index in [1.54, 1.807) is 33.2 Å². The highest BCUT2D eigenvalue weighted by atomic mass is 32.2. The molecule has 1 unspecified atom stereocenters. The maximum absolute atomic E-state index is 13.1. The quantitative estimate of drug-likeness (QED) is 0.337. The lowest BCUT2D eigenvalue weighted by Gasteiger charge is -2.14. The molecule has 31 heavy (non-hydrogen) atoms. The lowest BCUT2D eigenvalue weighted by atomic mass is 10.1. The number of nitrogens with zero attached hydrogens (tertiary/aromatic N) is 2. The predicted molar refractivity (Wildman–Crippen MR) is 127 cm³/mol. The highest BCUT2D eigenvalue weighted by molar-refractivity contribution is 8.00. The topological polar surface area (TPSA) is 73.2 Å². The molecule has 1 atom stereocenters. The van der Waals surface area contributed by atoms with E-state index in [4.69, 9.17) is 4.74 Å². The van der Waals surface area contributed by atoms with Gasteiger partial charge in [-0.15, -0.1) is 11.3 Å². The second-order valence-electron chi connectivity index (χ2n) is 6.94. The molecule has 8 heteroatoms. The summed E-state index contributed by atoms with van der Waals surface area (Å²) >= 11 is 2.69. The average molecular weight is 452 g/mol. The van der Waals surface area contributed by atoms with Gasteiger partial charge in [-0.25, -0.2) is 4.98 Å². The zero-order valence-corrected chi connectivity index (χ0v) is 18.9. The van der Waals surface area contributed by atoms with Crippen molar-refractivity contribution in [2.24, 2.45) is 7.05 Å². The fourth-order valence-corrected chi connectivity index (χ4v) is 5.01. The lowest BCUT2D eigenvalue weighted by Crippen LogP contribution is -2.25. The molecule has 0 bridgehead atoms. The molecule has 2 heterocycles. The van der Waals surface area contributed by atoms with Crippen LogP contribution in [-0.2, 0) is 11.8 Å². The number of benzene rings is 2. The van der Waals surface area contributed by atoms with Gasteiger partial charge in [-0.05, 0) is 24.6 Å². The number of fused-ring (bicyclic) bond motifs is 1. The molecule has 0 fully saturated rings. The van der Waals surface area contributed by atoms with Crippen molar-refractivity contribution in [3.63, 3.8) is 0 Å². The van der Waals surface area contributed by atoms with Crippen molar-refractivity contribution in [2.45, 2.75) is 17.3 Å². The van der Waals surface area contributed by atoms with Crippen molar-refractivity contribution in [2.75, 3.05) is 12.4 Å². The number of carbonyl (C=O) groups excluding carboxylic acids is 1. The van der Waals surface area contributed by atoms with E-state index in [2.05, 4.69) is 10.3 Å². The fraction of sp³-hybridized carbons (Fsp3) is 0.174. The summed E-state index contributed by atoms with van der Waals surface area (Å²) < 4.78 is 6.71. The van der Waals surface area contributed by atoms with Crippen LogP contribution < -0.4 is 15.6 Å². The molecule has 0 aliphatic carbocycles. The Morgan fingerprint density at radius 1 is 1.19 bits per heavy atom. The molecule has 0 aliphatic heterocycles. The maximum Gasteiger partial charge on any atom is 0.263 e. The zero-order chi connectivity index (χ0) is 22.0. The molecular formula is C23H21N3O3S2. The van der Waals surface area contributed by atoms with Crippen LogP contribution in [0.4, 0.5) is 5.69 Å². The molecule has 2 aromatic carbocycles. The third-order valence-corrected chi connectivity index (χ3v) is 6.86. The summed E-state index contributed by atoms with van der Waals surface area (Å²) in [5.41, 5.74) is 2.40. The number of ether oxygens (including phenoxy) is 1. The van der Waals surface area contributed by atoms with Crippen molar-refractivity contribution in [3.8, 4) is 16.9 Å². The van der Waals surface area contributed by atoms with E-state index < -0.39 is 5.25 Å². The number of carbonyl (C=O) groups is 1. The van der Waals surface area contributed by atoms with Crippen LogP contribution in [0.1, 0.15) is 6.92 Å². The Balaban J connectivity index is 1.59. The number of thioether (sulfide) groups is 1. The molecule has 4 rings (SSSR count). The zero-order valence-electron chi connectivity index (χ0n) is 17.3. The highest BCUT2D eigenvalue weighted by Gasteiger charge is 2.20. The number of amides is 1. The Bertz CT molecular complexity index is 1300. The van der Waals surface area contributed by atoms with Gasteiger partial charge in [0.15, 0.2) is 5.16 Å². The van der Waals surface area contributed by atoms with Crippen LogP contribution in [0.25, 0.3) is 21.3 Å². The van der Waals surface area contributed by atoms with Gasteiger partial charge in [0.25, 0.3) is 5.56 Å². The minimum atomic E-state index is -0.449. The predicted octanol–water partition coefficient (Wildman–Crippen LogP) is 4.79. The summed E-state index contributed by atoms with van der Waals surface area (Å²) in [4.78, 5) is 31.2. The third-order valence-electron chi connectivity index (χ3n) is 4.85. The van der Waals surface area contributed by atoms with E-state index in [0.29, 0.717) is 26.8 Å². The molecule has 4 aromatic rings. The van der Waals surface area contributed by atoms with Crippen molar-refractivity contribution in [1.29, 1.82) is 0 Å². The van der Waals surface area contributed by atoms with Crippen LogP contribution in [0.5, 0.6) is 5.75 Å². The van der Waals surface area contributed by atoms with Crippen molar-refractivity contribution < 1.29 is 9.53 Å². The van der Waals surface area contributed by atoms with Crippen LogP contribution in [0.15, 0.2) is 69.9 Å². The minimum Gasteiger partial charge on any atom is -0.497 e. The fourth-order valence-electron chi connectivity index (χ4n) is 3.15. The van der Waals surface area contributed by atoms with E-state index in [1.807, 2.05) is 47.8 Å². The number of aromatic nitrogens is 2. The number of hydrogen-bond acceptors (Lipinski definition) is 6. The second-order valence-corrected chi connectivity index (χ2v) is 9.10. The smallest absolute Gasteiger partial charge is 0.263 e. The van der Waals surface area contributed by atoms with Crippen LogP contribution in [-0.4, -0.2) is 27.8 Å². The number of hydrogen-bond donors (Lipinski definition) is 1. The average Bonchev–Trinajstić information content (AvgIpc) is 3.22. The summed E-state index contributed by atoms with van der Waals surface area (Å²) in [6.45, 7) is 1.79. The Morgan fingerprint density at radius 3 is 2.71 bits per heavy atom. The molecule has 0 aliphatic rings. The normalized spacial score (nSPS) is 12.0. The first kappa shape index (κ1) is 21.1. The van der Waals surface area contributed by atoms with Gasteiger partial charge >= 0.3 is 0 Å². The van der Waals surface area contributed by atoms with Crippen LogP contribution in [0.3, 0.4) is 0 Å². The lowest BCUT2D eigenvalue weighted by molar-refractivity contribution is -0.115. The molecule has 0 spiro atoms. The van der Waals surface area contributed by atoms with Gasteiger partial charge in [-0.2, -0.15) is 0 Å². The first-order valence-corrected chi connectivity index (χ1v) is 11.4. The Morgan fingerprint density at radius 2 is 1.97 bits per heavy atom. The van der Waals surface area contributed by atoms with Crippen LogP contribution in [0, 0.1) is 0 Å². The largest absolute Gasteiger partial charge is 0.497 e. The minimum absolute atomic E-state index is 0.118. The number of methoxy groups -OCH3 is 1. The number of anilines is 1. The van der Waals surface area contributed by atoms with Gasteiger partial charge in [0.2, 0.25) is 5.91 Å². The molecule has 158 valence electrons. The SMILES string of the molecule is COc1cccc(NC(=O)C(C)Sc2nc3scc(-c4ccccc4)c3c(=O)n2C)c1. The molecule has 6 nitrogen and oxygen atoms in total. The first-order chi connectivity index (χ1) is 15.0. The summed E-state index contributed by atoms with van der Waals surface area (Å²) in [5, 5.41) is 5.51. The molecular weight excluding hydrogens is 430 g/mol. The van der Waals surface area contributed by atoms with Gasteiger partial charge in [-0.1, -0.05) is 48.2 Å². The molecule has 2 aromatic heterocycles. The molecule has 1 amide bonds. The van der Waals surface area contributed by atoms with E-state index in [-0.39, 0.29) is 11.5 Å². The van der Waals surface area contributed by atoms with Crippen molar-refractivity contribution in [3.05, 3.63) is 70.3 Å². The van der Waals surface area contributed by atoms with E-state index >= 15 is 0 Å². The maximum atomic E-state index is 13.1. The second kappa shape index (κ2) is 8.95. The van der Waals surface area contributed by atoms with Crippen LogP contribution >= 0.6 is 23.1 Å². The summed E-state index contributed by atoms with van der Waals surface area (Å²) in [5.74, 6) is 0.489. The first-order valence-electron chi connectivity index (χ1n) is 9.63. The summed E-state index contributed by atoms with van der Waals surface area (Å²) in [7, 11) is 3.27. The summed E-state index contributed by atoms with van der Waals surface area (Å²) in [6.07, 6.45) is 0. The Labute approximate surface area is 187 Å². The highest BCUT2D eigenvalue weighted by Crippen LogP contribution is 2.32. The van der Waals surface area contributed by atoms with Gasteiger partial charge in [0.05, 0.1) is 17.7 Å². The van der Waals surface area contributed by atoms with Crippen LogP contribution in [0.2, 0.25) is 0 Å². The molecule has 0 radical (unpaired) electrons. The Kier molecular flexibility index (Phi) is 6.11. The monoisotopic (exact) mass is 451 g/mol. The van der Waals surface area contributed by atoms with Crippen molar-refractivity contribution in [1.82, 2.24) is 9.55 Å². The number of nitrogens with one attached hydrogen (secondary N) is 1. The standard InChI is InChI=1S/C23H21N3O3S2/c1-14(20(27)24-16-10-7-11-17(12-16)29-3)31-23-25-21-19(22(28)26(23)2)18(13-30-21)15-8-5-4-6-9-15/h4-14H,1-3H3,(H,24,27). The van der Waals surface area contributed by atoms with Gasteiger partial charge in [0, 0.05) is 29.7 Å². The van der Waals surface area contributed by atoms with E-state index in [0.717, 1.165) is 11.1 Å². The van der Waals surface area contributed by atoms with Gasteiger partial charge in [-0.3, -0.25) is 14.2 Å². The van der Waals surface area contributed by atoms with Gasteiger partial charge in [0.1, 0.15) is 10.6 Å². The Hall–Kier alpha value is -3.10. The summed E-state index contributed by atoms with van der Waals surface area (Å²) in [6, 6.07) is 17.0. The molecule has 0 saturated heterocycles. The molecule has 1 N–H and O–H groups in total. The third kappa shape index (κ3) is 4.35. The van der Waals surface area contributed by atoms with Crippen molar-refractivity contribution >= 4 is 44.9 Å². The van der Waals surface area contributed by atoms with E-state index in [9.17, 15) is 9.59 Å². The number of rotatable bonds is 6. The number of thiophene rings is 1.